The molecule has 1 aliphatic carbocycles. The molecule has 2 unspecified atom stereocenters. The Hall–Kier alpha value is -1.19. The zero-order chi connectivity index (χ0) is 14.8. The van der Waals surface area contributed by atoms with E-state index in [-0.39, 0.29) is 5.82 Å². The van der Waals surface area contributed by atoms with Gasteiger partial charge in [-0.2, -0.15) is 0 Å². The zero-order valence-electron chi connectivity index (χ0n) is 11.7. The average molecular weight is 349 g/mol. The van der Waals surface area contributed by atoms with Gasteiger partial charge in [-0.3, -0.25) is 0 Å². The van der Waals surface area contributed by atoms with Crippen molar-refractivity contribution in [2.24, 2.45) is 0 Å². The highest BCUT2D eigenvalue weighted by atomic mass is 79.9. The predicted octanol–water partition coefficient (Wildman–Crippen LogP) is 5.13. The molecule has 1 aliphatic rings. The standard InChI is InChI=1S/C18H18BrFO/c19-14-8-9-17(20)16(11-14)18(21)10-13-6-3-5-12-4-1-2-7-15(12)13/h1-2,4,7-9,11,13,18,21H,3,5-6,10H2. The summed E-state index contributed by atoms with van der Waals surface area (Å²) in [5.41, 5.74) is 3.07. The van der Waals surface area contributed by atoms with E-state index in [1.807, 2.05) is 6.07 Å². The van der Waals surface area contributed by atoms with Gasteiger partial charge in [0, 0.05) is 10.0 Å². The van der Waals surface area contributed by atoms with Gasteiger partial charge < -0.3 is 5.11 Å². The summed E-state index contributed by atoms with van der Waals surface area (Å²) in [6.07, 6.45) is 3.11. The predicted molar refractivity (Wildman–Crippen MR) is 85.8 cm³/mol. The van der Waals surface area contributed by atoms with E-state index in [1.165, 1.54) is 17.2 Å². The summed E-state index contributed by atoms with van der Waals surface area (Å²) in [5.74, 6) is -0.0295. The molecular formula is C18H18BrFO. The lowest BCUT2D eigenvalue weighted by Gasteiger charge is -2.27. The van der Waals surface area contributed by atoms with Crippen LogP contribution >= 0.6 is 15.9 Å². The number of aliphatic hydroxyl groups is 1. The van der Waals surface area contributed by atoms with Crippen LogP contribution in [0.3, 0.4) is 0 Å². The van der Waals surface area contributed by atoms with E-state index in [4.69, 9.17) is 0 Å². The van der Waals surface area contributed by atoms with Gasteiger partial charge >= 0.3 is 0 Å². The molecule has 21 heavy (non-hydrogen) atoms. The first-order valence-electron chi connectivity index (χ1n) is 7.36. The Balaban J connectivity index is 1.82. The van der Waals surface area contributed by atoms with Crippen LogP contribution in [0.1, 0.15) is 48.0 Å². The third-order valence-corrected chi connectivity index (χ3v) is 4.81. The van der Waals surface area contributed by atoms with E-state index in [0.717, 1.165) is 23.7 Å². The van der Waals surface area contributed by atoms with Crippen molar-refractivity contribution in [2.45, 2.75) is 37.7 Å². The summed E-state index contributed by atoms with van der Waals surface area (Å²) in [5, 5.41) is 10.4. The van der Waals surface area contributed by atoms with Gasteiger partial charge in [0.2, 0.25) is 0 Å². The van der Waals surface area contributed by atoms with Crippen molar-refractivity contribution in [1.82, 2.24) is 0 Å². The summed E-state index contributed by atoms with van der Waals surface area (Å²) >= 11 is 3.34. The molecule has 0 saturated heterocycles. The minimum absolute atomic E-state index is 0.309. The number of benzene rings is 2. The van der Waals surface area contributed by atoms with Crippen LogP contribution in [0.15, 0.2) is 46.9 Å². The smallest absolute Gasteiger partial charge is 0.129 e. The largest absolute Gasteiger partial charge is 0.388 e. The minimum Gasteiger partial charge on any atom is -0.388 e. The van der Waals surface area contributed by atoms with Crippen LogP contribution in [0, 0.1) is 5.82 Å². The van der Waals surface area contributed by atoms with Crippen LogP contribution in [-0.4, -0.2) is 5.11 Å². The van der Waals surface area contributed by atoms with Crippen molar-refractivity contribution in [3.8, 4) is 0 Å². The molecule has 0 fully saturated rings. The van der Waals surface area contributed by atoms with Crippen molar-refractivity contribution >= 4 is 15.9 Å². The molecule has 1 N–H and O–H groups in total. The fourth-order valence-corrected chi connectivity index (χ4v) is 3.64. The molecule has 2 aromatic carbocycles. The number of halogens is 2. The van der Waals surface area contributed by atoms with Gasteiger partial charge in [0.15, 0.2) is 0 Å². The number of aryl methyl sites for hydroxylation is 1. The number of hydrogen-bond acceptors (Lipinski definition) is 1. The molecule has 3 rings (SSSR count). The first kappa shape index (κ1) is 14.7. The Morgan fingerprint density at radius 1 is 1.24 bits per heavy atom. The maximum Gasteiger partial charge on any atom is 0.129 e. The SMILES string of the molecule is OC(CC1CCCc2ccccc21)c1cc(Br)ccc1F. The van der Waals surface area contributed by atoms with E-state index in [1.54, 1.807) is 12.1 Å². The van der Waals surface area contributed by atoms with Crippen molar-refractivity contribution in [3.05, 3.63) is 69.4 Å². The molecule has 0 spiro atoms. The number of aliphatic hydroxyl groups excluding tert-OH is 1. The first-order valence-corrected chi connectivity index (χ1v) is 8.15. The quantitative estimate of drug-likeness (QED) is 0.814. The van der Waals surface area contributed by atoms with Crippen LogP contribution in [-0.2, 0) is 6.42 Å². The Kier molecular flexibility index (Phi) is 4.41. The second kappa shape index (κ2) is 6.29. The maximum atomic E-state index is 13.9. The Bertz CT molecular complexity index is 641. The third-order valence-electron chi connectivity index (χ3n) is 4.32. The van der Waals surface area contributed by atoms with Crippen LogP contribution in [0.25, 0.3) is 0 Å². The third kappa shape index (κ3) is 3.19. The van der Waals surface area contributed by atoms with Gasteiger partial charge in [0.05, 0.1) is 6.10 Å². The van der Waals surface area contributed by atoms with Crippen molar-refractivity contribution in [2.75, 3.05) is 0 Å². The Morgan fingerprint density at radius 2 is 2.05 bits per heavy atom. The highest BCUT2D eigenvalue weighted by Crippen LogP contribution is 2.38. The lowest BCUT2D eigenvalue weighted by Crippen LogP contribution is -2.13. The van der Waals surface area contributed by atoms with E-state index in [9.17, 15) is 9.50 Å². The van der Waals surface area contributed by atoms with Gasteiger partial charge in [-0.1, -0.05) is 40.2 Å². The van der Waals surface area contributed by atoms with Gasteiger partial charge in [-0.05, 0) is 60.9 Å². The highest BCUT2D eigenvalue weighted by Gasteiger charge is 2.24. The second-order valence-corrected chi connectivity index (χ2v) is 6.62. The zero-order valence-corrected chi connectivity index (χ0v) is 13.3. The van der Waals surface area contributed by atoms with E-state index < -0.39 is 6.10 Å². The molecule has 0 aromatic heterocycles. The molecule has 0 amide bonds. The van der Waals surface area contributed by atoms with Crippen LogP contribution < -0.4 is 0 Å². The number of fused-ring (bicyclic) bond motifs is 1. The van der Waals surface area contributed by atoms with Crippen LogP contribution in [0.4, 0.5) is 4.39 Å². The fraction of sp³-hybridized carbons (Fsp3) is 0.333. The minimum atomic E-state index is -0.765. The van der Waals surface area contributed by atoms with Crippen molar-refractivity contribution in [1.29, 1.82) is 0 Å². The lowest BCUT2D eigenvalue weighted by molar-refractivity contribution is 0.149. The Morgan fingerprint density at radius 3 is 2.90 bits per heavy atom. The van der Waals surface area contributed by atoms with Crippen LogP contribution in [0.2, 0.25) is 0 Å². The first-order chi connectivity index (χ1) is 10.1. The van der Waals surface area contributed by atoms with Gasteiger partial charge in [-0.15, -0.1) is 0 Å². The fourth-order valence-electron chi connectivity index (χ4n) is 3.27. The molecular weight excluding hydrogens is 331 g/mol. The average Bonchev–Trinajstić information content (AvgIpc) is 2.50. The normalized spacial score (nSPS) is 19.1. The molecule has 0 saturated carbocycles. The van der Waals surface area contributed by atoms with Gasteiger partial charge in [-0.25, -0.2) is 4.39 Å². The van der Waals surface area contributed by atoms with E-state index in [2.05, 4.69) is 34.1 Å². The Labute approximate surface area is 132 Å². The second-order valence-electron chi connectivity index (χ2n) is 5.71. The summed E-state index contributed by atoms with van der Waals surface area (Å²) in [7, 11) is 0. The molecule has 0 bridgehead atoms. The number of rotatable bonds is 3. The summed E-state index contributed by atoms with van der Waals surface area (Å²) in [4.78, 5) is 0. The van der Waals surface area contributed by atoms with E-state index in [0.29, 0.717) is 17.9 Å². The molecule has 0 heterocycles. The van der Waals surface area contributed by atoms with Crippen molar-refractivity contribution < 1.29 is 9.50 Å². The summed E-state index contributed by atoms with van der Waals surface area (Å²) < 4.78 is 14.7. The lowest BCUT2D eigenvalue weighted by atomic mass is 9.79. The van der Waals surface area contributed by atoms with Crippen LogP contribution in [0.5, 0.6) is 0 Å². The van der Waals surface area contributed by atoms with Crippen molar-refractivity contribution in [3.63, 3.8) is 0 Å². The summed E-state index contributed by atoms with van der Waals surface area (Å²) in [6, 6.07) is 13.1. The van der Waals surface area contributed by atoms with Gasteiger partial charge in [0.25, 0.3) is 0 Å². The molecule has 2 atom stereocenters. The number of hydrogen-bond donors (Lipinski definition) is 1. The van der Waals surface area contributed by atoms with Gasteiger partial charge in [0.1, 0.15) is 5.82 Å². The maximum absolute atomic E-state index is 13.9. The molecule has 110 valence electrons. The molecule has 0 aliphatic heterocycles. The molecule has 1 nitrogen and oxygen atoms in total. The topological polar surface area (TPSA) is 20.2 Å². The summed E-state index contributed by atoms with van der Waals surface area (Å²) in [6.45, 7) is 0. The highest BCUT2D eigenvalue weighted by molar-refractivity contribution is 9.10. The monoisotopic (exact) mass is 348 g/mol. The molecule has 3 heteroatoms. The molecule has 0 radical (unpaired) electrons. The molecule has 2 aromatic rings. The van der Waals surface area contributed by atoms with E-state index >= 15 is 0 Å².